The van der Waals surface area contributed by atoms with Crippen LogP contribution in [-0.2, 0) is 0 Å². The number of hydrogen-bond donors (Lipinski definition) is 2. The van der Waals surface area contributed by atoms with Crippen LogP contribution in [0.1, 0.15) is 5.82 Å². The molecular weight excluding hydrogens is 417 g/mol. The van der Waals surface area contributed by atoms with Crippen LogP contribution in [0.15, 0.2) is 42.7 Å². The number of halogens is 1. The zero-order valence-electron chi connectivity index (χ0n) is 12.7. The van der Waals surface area contributed by atoms with Gasteiger partial charge in [0.05, 0.1) is 11.1 Å². The molecule has 24 heavy (non-hydrogen) atoms. The Kier molecular flexibility index (Phi) is 3.81. The van der Waals surface area contributed by atoms with Gasteiger partial charge in [-0.2, -0.15) is 4.98 Å². The number of H-pyrrole nitrogens is 1. The number of aryl methyl sites for hydroxylation is 1. The quantitative estimate of drug-likeness (QED) is 0.485. The molecule has 2 N–H and O–H groups in total. The second kappa shape index (κ2) is 6.11. The molecule has 0 fully saturated rings. The Balaban J connectivity index is 1.89. The summed E-state index contributed by atoms with van der Waals surface area (Å²) in [5.74, 6) is 2.48. The Bertz CT molecular complexity index is 1030. The van der Waals surface area contributed by atoms with E-state index in [1.807, 2.05) is 37.3 Å². The van der Waals surface area contributed by atoms with Crippen LogP contribution in [0.3, 0.4) is 0 Å². The highest BCUT2D eigenvalue weighted by molar-refractivity contribution is 14.1. The predicted molar refractivity (Wildman–Crippen MR) is 99.9 cm³/mol. The number of aromatic amines is 1. The fraction of sp³-hybridized carbons (Fsp3) is 0.0625. The second-order valence-electron chi connectivity index (χ2n) is 5.14. The SMILES string of the molecule is Cc1nc(Nc2nc(-c3cnccc3I)nc3ccccc23)n[nH]1. The molecule has 0 amide bonds. The minimum absolute atomic E-state index is 0.475. The highest BCUT2D eigenvalue weighted by Crippen LogP contribution is 2.28. The lowest BCUT2D eigenvalue weighted by atomic mass is 10.2. The number of nitrogens with one attached hydrogen (secondary N) is 2. The van der Waals surface area contributed by atoms with Crippen molar-refractivity contribution in [2.75, 3.05) is 5.32 Å². The lowest BCUT2D eigenvalue weighted by Gasteiger charge is -2.09. The molecule has 8 heteroatoms. The van der Waals surface area contributed by atoms with Crippen LogP contribution >= 0.6 is 22.6 Å². The predicted octanol–water partition coefficient (Wildman–Crippen LogP) is 3.47. The summed E-state index contributed by atoms with van der Waals surface area (Å²) in [6.45, 7) is 1.85. The van der Waals surface area contributed by atoms with Gasteiger partial charge in [0.25, 0.3) is 0 Å². The van der Waals surface area contributed by atoms with Gasteiger partial charge in [-0.05, 0) is 47.7 Å². The molecule has 3 heterocycles. The molecule has 0 aliphatic rings. The Labute approximate surface area is 151 Å². The number of para-hydroxylation sites is 1. The van der Waals surface area contributed by atoms with Crippen molar-refractivity contribution in [2.45, 2.75) is 6.92 Å². The maximum atomic E-state index is 4.68. The van der Waals surface area contributed by atoms with E-state index in [-0.39, 0.29) is 0 Å². The van der Waals surface area contributed by atoms with Gasteiger partial charge in [-0.25, -0.2) is 9.97 Å². The molecule has 4 rings (SSSR count). The van der Waals surface area contributed by atoms with E-state index in [2.05, 4.69) is 58.0 Å². The van der Waals surface area contributed by atoms with Crippen molar-refractivity contribution in [3.8, 4) is 11.4 Å². The molecule has 0 aliphatic heterocycles. The van der Waals surface area contributed by atoms with Gasteiger partial charge >= 0.3 is 0 Å². The lowest BCUT2D eigenvalue weighted by Crippen LogP contribution is -2.01. The molecule has 7 nitrogen and oxygen atoms in total. The van der Waals surface area contributed by atoms with E-state index in [0.717, 1.165) is 25.9 Å². The van der Waals surface area contributed by atoms with Gasteiger partial charge in [0.15, 0.2) is 5.82 Å². The monoisotopic (exact) mass is 429 g/mol. The van der Waals surface area contributed by atoms with Gasteiger partial charge in [-0.1, -0.05) is 12.1 Å². The molecule has 4 aromatic rings. The summed E-state index contributed by atoms with van der Waals surface area (Å²) >= 11 is 2.26. The van der Waals surface area contributed by atoms with Gasteiger partial charge < -0.3 is 5.32 Å². The first-order valence-electron chi connectivity index (χ1n) is 7.23. The number of hydrogen-bond acceptors (Lipinski definition) is 6. The largest absolute Gasteiger partial charge is 0.307 e. The van der Waals surface area contributed by atoms with Crippen LogP contribution in [0, 0.1) is 10.5 Å². The van der Waals surface area contributed by atoms with Crippen LogP contribution in [0.4, 0.5) is 11.8 Å². The van der Waals surface area contributed by atoms with E-state index >= 15 is 0 Å². The van der Waals surface area contributed by atoms with Gasteiger partial charge in [0.1, 0.15) is 11.6 Å². The highest BCUT2D eigenvalue weighted by Gasteiger charge is 2.13. The second-order valence-corrected chi connectivity index (χ2v) is 6.30. The zero-order chi connectivity index (χ0) is 16.5. The molecule has 3 aromatic heterocycles. The number of benzene rings is 1. The van der Waals surface area contributed by atoms with Crippen molar-refractivity contribution in [1.29, 1.82) is 0 Å². The fourth-order valence-electron chi connectivity index (χ4n) is 2.34. The van der Waals surface area contributed by atoms with Crippen molar-refractivity contribution in [3.05, 3.63) is 52.1 Å². The molecule has 1 aromatic carbocycles. The van der Waals surface area contributed by atoms with Crippen LogP contribution in [0.25, 0.3) is 22.3 Å². The fourth-order valence-corrected chi connectivity index (χ4v) is 2.88. The lowest BCUT2D eigenvalue weighted by molar-refractivity contribution is 1.04. The minimum Gasteiger partial charge on any atom is -0.307 e. The summed E-state index contributed by atoms with van der Waals surface area (Å²) < 4.78 is 1.04. The van der Waals surface area contributed by atoms with Crippen molar-refractivity contribution in [2.24, 2.45) is 0 Å². The average molecular weight is 429 g/mol. The number of fused-ring (bicyclic) bond motifs is 1. The third-order valence-corrected chi connectivity index (χ3v) is 4.38. The number of aromatic nitrogens is 6. The summed E-state index contributed by atoms with van der Waals surface area (Å²) in [6, 6.07) is 9.76. The van der Waals surface area contributed by atoms with Gasteiger partial charge in [-0.15, -0.1) is 5.10 Å². The van der Waals surface area contributed by atoms with Gasteiger partial charge in [0.2, 0.25) is 5.95 Å². The number of rotatable bonds is 3. The van der Waals surface area contributed by atoms with Gasteiger partial charge in [-0.3, -0.25) is 10.1 Å². The van der Waals surface area contributed by atoms with E-state index in [0.29, 0.717) is 17.6 Å². The van der Waals surface area contributed by atoms with Crippen molar-refractivity contribution >= 4 is 45.3 Å². The Morgan fingerprint density at radius 3 is 2.75 bits per heavy atom. The highest BCUT2D eigenvalue weighted by atomic mass is 127. The summed E-state index contributed by atoms with van der Waals surface area (Å²) in [5.41, 5.74) is 1.73. The smallest absolute Gasteiger partial charge is 0.247 e. The molecule has 0 saturated carbocycles. The summed E-state index contributed by atoms with van der Waals surface area (Å²) in [5, 5.41) is 11.0. The first kappa shape index (κ1) is 14.9. The van der Waals surface area contributed by atoms with E-state index in [1.165, 1.54) is 0 Å². The maximum Gasteiger partial charge on any atom is 0.247 e. The number of nitrogens with zero attached hydrogens (tertiary/aromatic N) is 5. The summed E-state index contributed by atoms with van der Waals surface area (Å²) in [7, 11) is 0. The molecule has 0 radical (unpaired) electrons. The molecule has 0 spiro atoms. The minimum atomic E-state index is 0.475. The maximum absolute atomic E-state index is 4.68. The van der Waals surface area contributed by atoms with Crippen molar-refractivity contribution in [3.63, 3.8) is 0 Å². The summed E-state index contributed by atoms with van der Waals surface area (Å²) in [4.78, 5) is 17.8. The van der Waals surface area contributed by atoms with E-state index in [4.69, 9.17) is 0 Å². The summed E-state index contributed by atoms with van der Waals surface area (Å²) in [6.07, 6.45) is 3.52. The number of anilines is 2. The Hall–Kier alpha value is -2.62. The van der Waals surface area contributed by atoms with Crippen LogP contribution in [0.2, 0.25) is 0 Å². The van der Waals surface area contributed by atoms with Crippen LogP contribution in [0.5, 0.6) is 0 Å². The molecule has 0 atom stereocenters. The van der Waals surface area contributed by atoms with Crippen molar-refractivity contribution in [1.82, 2.24) is 30.1 Å². The van der Waals surface area contributed by atoms with Crippen LogP contribution < -0.4 is 5.32 Å². The van der Waals surface area contributed by atoms with Crippen molar-refractivity contribution < 1.29 is 0 Å². The first-order chi connectivity index (χ1) is 11.7. The molecule has 0 saturated heterocycles. The number of pyridine rings is 1. The van der Waals surface area contributed by atoms with Crippen LogP contribution in [-0.4, -0.2) is 30.1 Å². The normalized spacial score (nSPS) is 10.9. The van der Waals surface area contributed by atoms with Gasteiger partial charge in [0, 0.05) is 21.4 Å². The zero-order valence-corrected chi connectivity index (χ0v) is 14.8. The standard InChI is InChI=1S/C16H12IN7/c1-9-19-16(24-23-9)22-14-10-4-2-3-5-13(10)20-15(21-14)11-8-18-7-6-12(11)17/h2-8H,1H3,(H2,19,20,21,22,23,24). The third-order valence-electron chi connectivity index (χ3n) is 3.44. The van der Waals surface area contributed by atoms with E-state index in [9.17, 15) is 0 Å². The molecule has 118 valence electrons. The average Bonchev–Trinajstić information content (AvgIpc) is 3.00. The Morgan fingerprint density at radius 2 is 1.96 bits per heavy atom. The topological polar surface area (TPSA) is 92.3 Å². The molecule has 0 bridgehead atoms. The first-order valence-corrected chi connectivity index (χ1v) is 8.31. The van der Waals surface area contributed by atoms with E-state index in [1.54, 1.807) is 12.4 Å². The third kappa shape index (κ3) is 2.80. The van der Waals surface area contributed by atoms with E-state index < -0.39 is 0 Å². The molecule has 0 aliphatic carbocycles. The molecular formula is C16H12IN7. The molecule has 0 unspecified atom stereocenters. The Morgan fingerprint density at radius 1 is 1.08 bits per heavy atom.